The summed E-state index contributed by atoms with van der Waals surface area (Å²) in [6.45, 7) is -0.284. The fourth-order valence-corrected chi connectivity index (χ4v) is 4.03. The number of benzene rings is 3. The molecule has 0 amide bonds. The number of rotatable bonds is 12. The standard InChI is InChI=1S/C20H20N2O10.C6H6O4S/c23-13-3-1-9(17(25)26)7-11(13)15(19(29)30)21-5-6-22-16(20(31)32)12-8-10(18(27)28)2-4-14(12)24;7-5-1-3-6(4-2-5)11(8,9)10/h1-4,7-8,15-16,21-24H,5-6H2,(H,25,26)(H,27,28)(H,29,30)(H,31,32);1-4,7H,(H,8,9,10). The van der Waals surface area contributed by atoms with Crippen molar-refractivity contribution in [1.82, 2.24) is 10.6 Å². The average molecular weight is 623 g/mol. The summed E-state index contributed by atoms with van der Waals surface area (Å²) in [6.07, 6.45) is 0. The fraction of sp³-hybridized carbons (Fsp3) is 0.154. The summed E-state index contributed by atoms with van der Waals surface area (Å²) in [5.74, 6) is -6.39. The molecule has 0 saturated carbocycles. The second-order valence-corrected chi connectivity index (χ2v) is 10.00. The quantitative estimate of drug-likeness (QED) is 0.100. The smallest absolute Gasteiger partial charge is 0.335 e. The number of carbonyl (C=O) groups is 4. The molecule has 2 unspecified atom stereocenters. The lowest BCUT2D eigenvalue weighted by Crippen LogP contribution is -2.37. The van der Waals surface area contributed by atoms with Gasteiger partial charge in [0.25, 0.3) is 10.1 Å². The van der Waals surface area contributed by atoms with E-state index < -0.39 is 57.6 Å². The monoisotopic (exact) mass is 622 g/mol. The molecule has 0 aliphatic heterocycles. The molecule has 3 aromatic rings. The Labute approximate surface area is 242 Å². The van der Waals surface area contributed by atoms with Gasteiger partial charge in [-0.25, -0.2) is 9.59 Å². The summed E-state index contributed by atoms with van der Waals surface area (Å²) in [4.78, 5) is 45.2. The van der Waals surface area contributed by atoms with Crippen LogP contribution in [0.2, 0.25) is 0 Å². The second kappa shape index (κ2) is 14.6. The number of phenolic OH excluding ortho intramolecular Hbond substituents is 3. The second-order valence-electron chi connectivity index (χ2n) is 8.58. The lowest BCUT2D eigenvalue weighted by molar-refractivity contribution is -0.141. The number of aliphatic carboxylic acids is 2. The van der Waals surface area contributed by atoms with Gasteiger partial charge in [-0.05, 0) is 60.7 Å². The molecule has 3 aromatic carbocycles. The van der Waals surface area contributed by atoms with Crippen molar-refractivity contribution < 1.29 is 67.9 Å². The summed E-state index contributed by atoms with van der Waals surface area (Å²) < 4.78 is 29.3. The molecule has 0 aliphatic rings. The maximum absolute atomic E-state index is 11.6. The highest BCUT2D eigenvalue weighted by atomic mass is 32.2. The van der Waals surface area contributed by atoms with Crippen LogP contribution in [-0.4, -0.2) is 85.7 Å². The molecule has 230 valence electrons. The van der Waals surface area contributed by atoms with E-state index in [0.29, 0.717) is 0 Å². The van der Waals surface area contributed by atoms with Crippen molar-refractivity contribution in [3.05, 3.63) is 82.9 Å². The first kappa shape index (κ1) is 34.0. The molecular formula is C26H26N2O14S. The van der Waals surface area contributed by atoms with Gasteiger partial charge in [-0.3, -0.25) is 24.8 Å². The Balaban J connectivity index is 0.000000490. The van der Waals surface area contributed by atoms with Crippen LogP contribution in [0.25, 0.3) is 0 Å². The Morgan fingerprint density at radius 3 is 1.30 bits per heavy atom. The zero-order valence-corrected chi connectivity index (χ0v) is 22.6. The number of carboxylic acids is 4. The number of carboxylic acid groups (broad SMARTS) is 4. The van der Waals surface area contributed by atoms with Gasteiger partial charge in [-0.15, -0.1) is 0 Å². The van der Waals surface area contributed by atoms with E-state index in [1.165, 1.54) is 12.1 Å². The Kier molecular flexibility index (Phi) is 11.5. The lowest BCUT2D eigenvalue weighted by atomic mass is 10.0. The predicted molar refractivity (Wildman–Crippen MR) is 145 cm³/mol. The van der Waals surface area contributed by atoms with Crippen molar-refractivity contribution in [2.75, 3.05) is 13.1 Å². The van der Waals surface area contributed by atoms with Gasteiger partial charge in [0.2, 0.25) is 0 Å². The predicted octanol–water partition coefficient (Wildman–Crippen LogP) is 1.26. The molecule has 3 rings (SSSR count). The van der Waals surface area contributed by atoms with E-state index >= 15 is 0 Å². The number of aromatic carboxylic acids is 2. The zero-order chi connectivity index (χ0) is 32.5. The van der Waals surface area contributed by atoms with E-state index in [1.807, 2.05) is 0 Å². The first-order valence-electron chi connectivity index (χ1n) is 11.8. The molecule has 16 nitrogen and oxygen atoms in total. The summed E-state index contributed by atoms with van der Waals surface area (Å²) >= 11 is 0. The van der Waals surface area contributed by atoms with Crippen LogP contribution in [-0.2, 0) is 19.7 Å². The van der Waals surface area contributed by atoms with Crippen molar-refractivity contribution in [3.8, 4) is 17.2 Å². The molecule has 10 N–H and O–H groups in total. The highest BCUT2D eigenvalue weighted by Crippen LogP contribution is 2.27. The number of aromatic hydroxyl groups is 3. The SMILES string of the molecule is O=C(O)c1ccc(O)c(C(NCCNC(C(=O)O)c2cc(C(=O)O)ccc2O)C(=O)O)c1.O=S(=O)(O)c1ccc(O)cc1. The van der Waals surface area contributed by atoms with E-state index in [4.69, 9.17) is 19.9 Å². The summed E-state index contributed by atoms with van der Waals surface area (Å²) in [7, 11) is -4.13. The van der Waals surface area contributed by atoms with E-state index in [1.54, 1.807) is 0 Å². The summed E-state index contributed by atoms with van der Waals surface area (Å²) in [5.41, 5.74) is -0.856. The van der Waals surface area contributed by atoms with Crippen molar-refractivity contribution in [3.63, 3.8) is 0 Å². The fourth-order valence-electron chi connectivity index (χ4n) is 3.55. The van der Waals surface area contributed by atoms with Crippen LogP contribution in [0.15, 0.2) is 65.6 Å². The number of hydrogen-bond donors (Lipinski definition) is 10. The molecule has 0 aliphatic carbocycles. The van der Waals surface area contributed by atoms with Crippen molar-refractivity contribution >= 4 is 34.0 Å². The first-order valence-corrected chi connectivity index (χ1v) is 13.3. The summed E-state index contributed by atoms with van der Waals surface area (Å²) in [5, 5.41) is 70.8. The highest BCUT2D eigenvalue weighted by molar-refractivity contribution is 7.85. The summed E-state index contributed by atoms with van der Waals surface area (Å²) in [6, 6.07) is 7.93. The van der Waals surface area contributed by atoms with E-state index in [0.717, 1.165) is 48.5 Å². The molecule has 0 fully saturated rings. The Hall–Kier alpha value is -5.23. The van der Waals surface area contributed by atoms with E-state index in [-0.39, 0.29) is 46.0 Å². The average Bonchev–Trinajstić information content (AvgIpc) is 2.91. The van der Waals surface area contributed by atoms with Crippen molar-refractivity contribution in [2.45, 2.75) is 17.0 Å². The molecule has 43 heavy (non-hydrogen) atoms. The molecule has 0 saturated heterocycles. The van der Waals surface area contributed by atoms with Crippen LogP contribution in [0.4, 0.5) is 0 Å². The van der Waals surface area contributed by atoms with Crippen LogP contribution in [0, 0.1) is 0 Å². The van der Waals surface area contributed by atoms with Crippen LogP contribution in [0.5, 0.6) is 17.2 Å². The molecule has 0 spiro atoms. The molecule has 17 heteroatoms. The topological polar surface area (TPSA) is 288 Å². The first-order chi connectivity index (χ1) is 20.0. The Morgan fingerprint density at radius 1 is 0.628 bits per heavy atom. The van der Waals surface area contributed by atoms with Crippen molar-refractivity contribution in [1.29, 1.82) is 0 Å². The molecular weight excluding hydrogens is 596 g/mol. The third-order valence-electron chi connectivity index (χ3n) is 5.62. The normalized spacial score (nSPS) is 12.3. The van der Waals surface area contributed by atoms with Gasteiger partial charge < -0.3 is 35.7 Å². The zero-order valence-electron chi connectivity index (χ0n) is 21.8. The van der Waals surface area contributed by atoms with Gasteiger partial charge in [-0.1, -0.05) is 0 Å². The Bertz CT molecular complexity index is 1520. The van der Waals surface area contributed by atoms with Gasteiger partial charge in [0.15, 0.2) is 0 Å². The highest BCUT2D eigenvalue weighted by Gasteiger charge is 2.26. The third-order valence-corrected chi connectivity index (χ3v) is 6.49. The van der Waals surface area contributed by atoms with Crippen LogP contribution in [0.3, 0.4) is 0 Å². The van der Waals surface area contributed by atoms with Crippen LogP contribution >= 0.6 is 0 Å². The van der Waals surface area contributed by atoms with Gasteiger partial charge in [-0.2, -0.15) is 8.42 Å². The minimum atomic E-state index is -4.13. The van der Waals surface area contributed by atoms with Gasteiger partial charge >= 0.3 is 23.9 Å². The van der Waals surface area contributed by atoms with Gasteiger partial charge in [0.1, 0.15) is 29.3 Å². The van der Waals surface area contributed by atoms with Crippen LogP contribution < -0.4 is 10.6 Å². The number of hydrogen-bond acceptors (Lipinski definition) is 11. The minimum Gasteiger partial charge on any atom is -0.508 e. The Morgan fingerprint density at radius 2 is 1.00 bits per heavy atom. The number of nitrogens with one attached hydrogen (secondary N) is 2. The van der Waals surface area contributed by atoms with E-state index in [9.17, 15) is 48.0 Å². The number of phenols is 3. The maximum atomic E-state index is 11.6. The maximum Gasteiger partial charge on any atom is 0.335 e. The van der Waals surface area contributed by atoms with E-state index in [2.05, 4.69) is 10.6 Å². The molecule has 0 heterocycles. The lowest BCUT2D eigenvalue weighted by Gasteiger charge is -2.19. The molecule has 0 bridgehead atoms. The van der Waals surface area contributed by atoms with Crippen molar-refractivity contribution in [2.24, 2.45) is 0 Å². The molecule has 2 atom stereocenters. The third kappa shape index (κ3) is 9.68. The van der Waals surface area contributed by atoms with Gasteiger partial charge in [0.05, 0.1) is 16.0 Å². The van der Waals surface area contributed by atoms with Gasteiger partial charge in [0, 0.05) is 24.2 Å². The van der Waals surface area contributed by atoms with Crippen LogP contribution in [0.1, 0.15) is 43.9 Å². The molecule has 0 aromatic heterocycles. The molecule has 0 radical (unpaired) electrons. The largest absolute Gasteiger partial charge is 0.508 e. The minimum absolute atomic E-state index is 0.0441.